The van der Waals surface area contributed by atoms with E-state index in [2.05, 4.69) is 62.8 Å². The first-order valence-corrected chi connectivity index (χ1v) is 17.4. The third-order valence-corrected chi connectivity index (χ3v) is 9.68. The van der Waals surface area contributed by atoms with E-state index in [1.165, 1.54) is 19.3 Å². The fraction of sp³-hybridized carbons (Fsp3) is 0.286. The lowest BCUT2D eigenvalue weighted by Gasteiger charge is -2.38. The number of rotatable bonds is 5. The van der Waals surface area contributed by atoms with E-state index < -0.39 is 0 Å². The fourth-order valence-corrected chi connectivity index (χ4v) is 6.06. The highest BCUT2D eigenvalue weighted by molar-refractivity contribution is 5.80. The Bertz CT molecular complexity index is 2470. The Morgan fingerprint density at radius 2 is 1.23 bits per heavy atom. The van der Waals surface area contributed by atoms with E-state index >= 15 is 0 Å². The van der Waals surface area contributed by atoms with Crippen molar-refractivity contribution >= 4 is 21.8 Å². The van der Waals surface area contributed by atoms with Gasteiger partial charge in [-0.05, 0) is 113 Å². The van der Waals surface area contributed by atoms with Crippen molar-refractivity contribution in [3.05, 3.63) is 140 Å². The van der Waals surface area contributed by atoms with Gasteiger partial charge in [-0.3, -0.25) is 23.6 Å². The molecular weight excluding hydrogens is 649 g/mol. The smallest absolute Gasteiger partial charge is 0.261 e. The third kappa shape index (κ3) is 7.84. The highest BCUT2D eigenvalue weighted by Gasteiger charge is 2.28. The highest BCUT2D eigenvalue weighted by Crippen LogP contribution is 2.30. The first-order chi connectivity index (χ1) is 25.1. The van der Waals surface area contributed by atoms with Crippen LogP contribution in [0.15, 0.2) is 94.8 Å². The maximum Gasteiger partial charge on any atom is 0.261 e. The van der Waals surface area contributed by atoms with Crippen molar-refractivity contribution < 1.29 is 0 Å². The molecule has 262 valence electrons. The maximum atomic E-state index is 12.9. The summed E-state index contributed by atoms with van der Waals surface area (Å²) in [5, 5.41) is 4.33. The molecular formula is C42H42N8O2. The molecule has 0 bridgehead atoms. The number of nitrogens with one attached hydrogen (secondary N) is 1. The molecule has 4 heterocycles. The van der Waals surface area contributed by atoms with Crippen molar-refractivity contribution in [1.82, 2.24) is 39.3 Å². The average molecular weight is 691 g/mol. The summed E-state index contributed by atoms with van der Waals surface area (Å²) in [5.41, 5.74) is 4.33. The Balaban J connectivity index is 0.000000181. The van der Waals surface area contributed by atoms with E-state index in [-0.39, 0.29) is 23.2 Å². The molecule has 0 amide bonds. The second kappa shape index (κ2) is 15.9. The number of hydrogen-bond acceptors (Lipinski definition) is 8. The van der Waals surface area contributed by atoms with Gasteiger partial charge in [0.25, 0.3) is 11.1 Å². The van der Waals surface area contributed by atoms with E-state index in [4.69, 9.17) is 4.98 Å². The van der Waals surface area contributed by atoms with Gasteiger partial charge in [0.2, 0.25) is 0 Å². The van der Waals surface area contributed by atoms with Crippen molar-refractivity contribution in [3.8, 4) is 23.7 Å². The molecule has 1 aliphatic carbocycles. The molecule has 2 unspecified atom stereocenters. The molecule has 0 radical (unpaired) electrons. The van der Waals surface area contributed by atoms with E-state index in [1.54, 1.807) is 34.6 Å². The summed E-state index contributed by atoms with van der Waals surface area (Å²) in [6.07, 6.45) is 7.15. The minimum absolute atomic E-state index is 0.0157. The number of aromatic nitrogens is 6. The molecule has 1 fully saturated rings. The van der Waals surface area contributed by atoms with Crippen LogP contribution in [0.5, 0.6) is 0 Å². The van der Waals surface area contributed by atoms with E-state index in [0.717, 1.165) is 22.6 Å². The Hall–Kier alpha value is -5.94. The van der Waals surface area contributed by atoms with Gasteiger partial charge < -0.3 is 5.32 Å². The maximum absolute atomic E-state index is 12.9. The lowest BCUT2D eigenvalue weighted by molar-refractivity contribution is 0.112. The molecule has 7 rings (SSSR count). The molecule has 10 heteroatoms. The van der Waals surface area contributed by atoms with Crippen LogP contribution in [0.3, 0.4) is 0 Å². The lowest BCUT2D eigenvalue weighted by atomic mass is 9.91. The number of nitrogens with zero attached hydrogens (tertiary/aromatic N) is 7. The molecule has 10 nitrogen and oxygen atoms in total. The van der Waals surface area contributed by atoms with Crippen LogP contribution in [0.1, 0.15) is 79.4 Å². The quantitative estimate of drug-likeness (QED) is 0.244. The SMILES string of the molecule is CC(c1nc2cc(C#Cc3ccccn3)ccc2c(=O)n1C)N(C)C1CCC1.CNC(C)c1nc2cc(C#Cc3ccccn3)ccc2c(=O)n1C. The van der Waals surface area contributed by atoms with E-state index in [0.29, 0.717) is 39.4 Å². The fourth-order valence-electron chi connectivity index (χ4n) is 6.06. The van der Waals surface area contributed by atoms with Crippen molar-refractivity contribution in [2.75, 3.05) is 14.1 Å². The van der Waals surface area contributed by atoms with Crippen molar-refractivity contribution in [1.29, 1.82) is 0 Å². The number of benzene rings is 2. The van der Waals surface area contributed by atoms with Gasteiger partial charge in [-0.2, -0.15) is 0 Å². The first kappa shape index (κ1) is 35.9. The Morgan fingerprint density at radius 3 is 1.67 bits per heavy atom. The van der Waals surface area contributed by atoms with Gasteiger partial charge in [0, 0.05) is 43.7 Å². The minimum Gasteiger partial charge on any atom is -0.311 e. The summed E-state index contributed by atoms with van der Waals surface area (Å²) >= 11 is 0. The molecule has 52 heavy (non-hydrogen) atoms. The molecule has 2 atom stereocenters. The zero-order valence-electron chi connectivity index (χ0n) is 30.4. The van der Waals surface area contributed by atoms with Crippen LogP contribution in [0.25, 0.3) is 21.8 Å². The Labute approximate surface area is 303 Å². The van der Waals surface area contributed by atoms with Crippen LogP contribution >= 0.6 is 0 Å². The lowest BCUT2D eigenvalue weighted by Crippen LogP contribution is -2.40. The summed E-state index contributed by atoms with van der Waals surface area (Å²) in [4.78, 5) is 45.6. The normalized spacial score (nSPS) is 13.6. The van der Waals surface area contributed by atoms with Gasteiger partial charge in [-0.25, -0.2) is 19.9 Å². The van der Waals surface area contributed by atoms with Crippen molar-refractivity contribution in [2.24, 2.45) is 14.1 Å². The van der Waals surface area contributed by atoms with Gasteiger partial charge in [0.1, 0.15) is 23.0 Å². The largest absolute Gasteiger partial charge is 0.311 e. The van der Waals surface area contributed by atoms with Crippen LogP contribution in [-0.4, -0.2) is 54.1 Å². The molecule has 6 aromatic rings. The van der Waals surface area contributed by atoms with Crippen LogP contribution in [0.2, 0.25) is 0 Å². The molecule has 1 N–H and O–H groups in total. The molecule has 0 aliphatic heterocycles. The van der Waals surface area contributed by atoms with Crippen LogP contribution in [0, 0.1) is 23.7 Å². The zero-order valence-corrected chi connectivity index (χ0v) is 30.4. The Morgan fingerprint density at radius 1 is 0.731 bits per heavy atom. The Kier molecular flexibility index (Phi) is 11.0. The summed E-state index contributed by atoms with van der Waals surface area (Å²) in [6, 6.07) is 22.9. The van der Waals surface area contributed by atoms with Gasteiger partial charge in [-0.15, -0.1) is 0 Å². The second-order valence-corrected chi connectivity index (χ2v) is 13.0. The molecule has 0 saturated heterocycles. The van der Waals surface area contributed by atoms with Crippen LogP contribution in [0.4, 0.5) is 0 Å². The predicted molar refractivity (Wildman–Crippen MR) is 206 cm³/mol. The van der Waals surface area contributed by atoms with Gasteiger partial charge >= 0.3 is 0 Å². The molecule has 2 aromatic carbocycles. The second-order valence-electron chi connectivity index (χ2n) is 13.0. The van der Waals surface area contributed by atoms with Crippen molar-refractivity contribution in [2.45, 2.75) is 51.2 Å². The summed E-state index contributed by atoms with van der Waals surface area (Å²) in [6.45, 7) is 4.09. The topological polar surface area (TPSA) is 111 Å². The monoisotopic (exact) mass is 690 g/mol. The summed E-state index contributed by atoms with van der Waals surface area (Å²) in [5.74, 6) is 13.8. The van der Waals surface area contributed by atoms with Gasteiger partial charge in [0.05, 0.1) is 33.9 Å². The number of pyridine rings is 2. The molecule has 1 saturated carbocycles. The van der Waals surface area contributed by atoms with Crippen LogP contribution < -0.4 is 16.4 Å². The van der Waals surface area contributed by atoms with E-state index in [1.807, 2.05) is 87.7 Å². The molecule has 1 aliphatic rings. The summed E-state index contributed by atoms with van der Waals surface area (Å²) in [7, 11) is 7.52. The van der Waals surface area contributed by atoms with Gasteiger partial charge in [0.15, 0.2) is 0 Å². The van der Waals surface area contributed by atoms with Crippen molar-refractivity contribution in [3.63, 3.8) is 0 Å². The minimum atomic E-state index is -0.0543. The molecule has 4 aromatic heterocycles. The number of hydrogen-bond donors (Lipinski definition) is 1. The third-order valence-electron chi connectivity index (χ3n) is 9.68. The standard InChI is InChI=1S/C23H24N4O.C19H18N4O/c1-16(26(2)19-8-6-9-19)22-25-21-15-17(10-12-18-7-4-5-14-24-18)11-13-20(21)23(28)27(22)3;1-13(20-2)18-22-17-12-14(7-9-15-6-4-5-11-21-15)8-10-16(17)19(24)23(18)3/h4-5,7,11,13-16,19H,6,8-9H2,1-3H3;4-6,8,10-13,20H,1-3H3. The number of fused-ring (bicyclic) bond motifs is 2. The van der Waals surface area contributed by atoms with Gasteiger partial charge in [-0.1, -0.05) is 30.4 Å². The van der Waals surface area contributed by atoms with E-state index in [9.17, 15) is 9.59 Å². The first-order valence-electron chi connectivity index (χ1n) is 17.4. The highest BCUT2D eigenvalue weighted by atomic mass is 16.1. The summed E-state index contributed by atoms with van der Waals surface area (Å²) < 4.78 is 3.27. The van der Waals surface area contributed by atoms with Crippen LogP contribution in [-0.2, 0) is 14.1 Å². The average Bonchev–Trinajstić information content (AvgIpc) is 3.15. The molecule has 0 spiro atoms. The zero-order chi connectivity index (χ0) is 36.8. The predicted octanol–water partition coefficient (Wildman–Crippen LogP) is 5.28.